The molecule has 1 aromatic carbocycles. The maximum Gasteiger partial charge on any atom is 0.337 e. The van der Waals surface area contributed by atoms with Crippen molar-refractivity contribution < 1.29 is 14.5 Å². The van der Waals surface area contributed by atoms with Gasteiger partial charge in [0.1, 0.15) is 5.69 Å². The summed E-state index contributed by atoms with van der Waals surface area (Å²) in [6.07, 6.45) is 3.69. The Kier molecular flexibility index (Phi) is 4.02. The van der Waals surface area contributed by atoms with E-state index in [0.29, 0.717) is 17.8 Å². The molecule has 1 fully saturated rings. The van der Waals surface area contributed by atoms with Crippen LogP contribution in [0, 0.1) is 10.1 Å². The van der Waals surface area contributed by atoms with Crippen LogP contribution in [0.2, 0.25) is 0 Å². The molecule has 0 unspecified atom stereocenters. The molecule has 0 bridgehead atoms. The van der Waals surface area contributed by atoms with Crippen LogP contribution in [0.1, 0.15) is 23.2 Å². The lowest BCUT2D eigenvalue weighted by atomic mass is 10.1. The molecule has 20 heavy (non-hydrogen) atoms. The third-order valence-electron chi connectivity index (χ3n) is 3.22. The Morgan fingerprint density at radius 2 is 2.30 bits per heavy atom. The van der Waals surface area contributed by atoms with Gasteiger partial charge in [0.25, 0.3) is 5.69 Å². The number of benzene rings is 1. The highest BCUT2D eigenvalue weighted by molar-refractivity contribution is 5.91. The highest BCUT2D eigenvalue weighted by atomic mass is 16.6. The van der Waals surface area contributed by atoms with Crippen molar-refractivity contribution in [2.75, 3.05) is 18.6 Å². The summed E-state index contributed by atoms with van der Waals surface area (Å²) in [5.74, 6) is -0.504. The molecule has 1 aliphatic rings. The summed E-state index contributed by atoms with van der Waals surface area (Å²) in [5.41, 5.74) is 0.745. The predicted octanol–water partition coefficient (Wildman–Crippen LogP) is 2.54. The van der Waals surface area contributed by atoms with Crippen LogP contribution in [0.25, 0.3) is 0 Å². The van der Waals surface area contributed by atoms with Gasteiger partial charge in [0.2, 0.25) is 0 Å². The largest absolute Gasteiger partial charge is 0.465 e. The van der Waals surface area contributed by atoms with Crippen molar-refractivity contribution in [3.05, 3.63) is 46.5 Å². The van der Waals surface area contributed by atoms with Crippen molar-refractivity contribution in [3.8, 4) is 0 Å². The van der Waals surface area contributed by atoms with Gasteiger partial charge in [-0.15, -0.1) is 6.58 Å². The average Bonchev–Trinajstić information content (AvgIpc) is 3.27. The van der Waals surface area contributed by atoms with Gasteiger partial charge in [0.05, 0.1) is 17.6 Å². The Morgan fingerprint density at radius 1 is 1.60 bits per heavy atom. The number of nitro benzene ring substituents is 1. The lowest BCUT2D eigenvalue weighted by molar-refractivity contribution is -0.384. The van der Waals surface area contributed by atoms with Crippen LogP contribution in [0.15, 0.2) is 30.9 Å². The molecule has 0 aliphatic heterocycles. The summed E-state index contributed by atoms with van der Waals surface area (Å²) in [7, 11) is 1.28. The first-order chi connectivity index (χ1) is 9.58. The molecule has 0 aromatic heterocycles. The van der Waals surface area contributed by atoms with Gasteiger partial charge < -0.3 is 9.64 Å². The Bertz CT molecular complexity index is 552. The highest BCUT2D eigenvalue weighted by Gasteiger charge is 2.32. The molecule has 0 heterocycles. The number of esters is 1. The van der Waals surface area contributed by atoms with Crippen molar-refractivity contribution in [1.82, 2.24) is 0 Å². The second kappa shape index (κ2) is 5.73. The van der Waals surface area contributed by atoms with E-state index in [1.807, 2.05) is 4.90 Å². The van der Waals surface area contributed by atoms with Crippen LogP contribution in [-0.4, -0.2) is 30.6 Å². The number of carbonyl (C=O) groups is 1. The van der Waals surface area contributed by atoms with E-state index in [2.05, 4.69) is 11.3 Å². The van der Waals surface area contributed by atoms with Gasteiger partial charge in [-0.25, -0.2) is 4.79 Å². The molecule has 106 valence electrons. The first-order valence-corrected chi connectivity index (χ1v) is 6.32. The van der Waals surface area contributed by atoms with E-state index >= 15 is 0 Å². The van der Waals surface area contributed by atoms with Crippen LogP contribution >= 0.6 is 0 Å². The van der Waals surface area contributed by atoms with Gasteiger partial charge in [0, 0.05) is 18.7 Å². The van der Waals surface area contributed by atoms with Crippen molar-refractivity contribution in [3.63, 3.8) is 0 Å². The van der Waals surface area contributed by atoms with Gasteiger partial charge >= 0.3 is 5.97 Å². The molecular formula is C14H16N2O4. The molecule has 1 aliphatic carbocycles. The first-order valence-electron chi connectivity index (χ1n) is 6.32. The fraction of sp³-hybridized carbons (Fsp3) is 0.357. The number of nitro groups is 1. The van der Waals surface area contributed by atoms with Gasteiger partial charge in [-0.3, -0.25) is 10.1 Å². The summed E-state index contributed by atoms with van der Waals surface area (Å²) in [6.45, 7) is 4.19. The molecule has 6 heteroatoms. The number of ether oxygens (including phenoxy) is 1. The number of carbonyl (C=O) groups excluding carboxylic acids is 1. The normalized spacial score (nSPS) is 13.7. The third kappa shape index (κ3) is 2.79. The predicted molar refractivity (Wildman–Crippen MR) is 75.0 cm³/mol. The molecule has 0 saturated heterocycles. The molecular weight excluding hydrogens is 260 g/mol. The maximum absolute atomic E-state index is 11.6. The van der Waals surface area contributed by atoms with Crippen LogP contribution in [0.4, 0.5) is 11.4 Å². The van der Waals surface area contributed by atoms with Gasteiger partial charge in [-0.1, -0.05) is 6.08 Å². The lowest BCUT2D eigenvalue weighted by Gasteiger charge is -2.23. The molecule has 0 N–H and O–H groups in total. The maximum atomic E-state index is 11.6. The van der Waals surface area contributed by atoms with Crippen LogP contribution in [0.5, 0.6) is 0 Å². The topological polar surface area (TPSA) is 72.7 Å². The fourth-order valence-corrected chi connectivity index (χ4v) is 2.12. The number of nitrogens with zero attached hydrogens (tertiary/aromatic N) is 2. The Labute approximate surface area is 116 Å². The average molecular weight is 276 g/mol. The van der Waals surface area contributed by atoms with E-state index in [0.717, 1.165) is 12.8 Å². The minimum absolute atomic E-state index is 0.00796. The summed E-state index contributed by atoms with van der Waals surface area (Å²) in [4.78, 5) is 24.2. The smallest absolute Gasteiger partial charge is 0.337 e. The van der Waals surface area contributed by atoms with E-state index in [1.165, 1.54) is 25.3 Å². The number of hydrogen-bond acceptors (Lipinski definition) is 5. The summed E-state index contributed by atoms with van der Waals surface area (Å²) < 4.78 is 4.66. The summed E-state index contributed by atoms with van der Waals surface area (Å²) >= 11 is 0. The standard InChI is InChI=1S/C14H16N2O4/c1-3-8-15(11-5-6-11)13-9-10(14(17)20-2)4-7-12(13)16(18)19/h3-4,7,9,11H,1,5-6,8H2,2H3. The minimum Gasteiger partial charge on any atom is -0.465 e. The zero-order valence-electron chi connectivity index (χ0n) is 11.2. The van der Waals surface area contributed by atoms with Crippen LogP contribution in [0.3, 0.4) is 0 Å². The zero-order valence-corrected chi connectivity index (χ0v) is 11.2. The number of hydrogen-bond donors (Lipinski definition) is 0. The van der Waals surface area contributed by atoms with Gasteiger partial charge in [-0.2, -0.15) is 0 Å². The van der Waals surface area contributed by atoms with E-state index in [9.17, 15) is 14.9 Å². The Balaban J connectivity index is 2.47. The number of anilines is 1. The van der Waals surface area contributed by atoms with E-state index < -0.39 is 10.9 Å². The molecule has 1 aromatic rings. The van der Waals surface area contributed by atoms with Crippen molar-refractivity contribution in [2.24, 2.45) is 0 Å². The van der Waals surface area contributed by atoms with Crippen molar-refractivity contribution >= 4 is 17.3 Å². The lowest BCUT2D eigenvalue weighted by Crippen LogP contribution is -2.26. The van der Waals surface area contributed by atoms with Crippen molar-refractivity contribution in [2.45, 2.75) is 18.9 Å². The second-order valence-corrected chi connectivity index (χ2v) is 4.62. The van der Waals surface area contributed by atoms with E-state index in [-0.39, 0.29) is 11.7 Å². The first kappa shape index (κ1) is 14.0. The second-order valence-electron chi connectivity index (χ2n) is 4.62. The minimum atomic E-state index is -0.504. The molecule has 2 rings (SSSR count). The monoisotopic (exact) mass is 276 g/mol. The molecule has 0 amide bonds. The highest BCUT2D eigenvalue weighted by Crippen LogP contribution is 2.37. The molecule has 0 spiro atoms. The molecule has 0 radical (unpaired) electrons. The molecule has 0 atom stereocenters. The summed E-state index contributed by atoms with van der Waals surface area (Å²) in [6, 6.07) is 4.55. The van der Waals surface area contributed by atoms with E-state index in [1.54, 1.807) is 6.08 Å². The molecule has 1 saturated carbocycles. The number of methoxy groups -OCH3 is 1. The third-order valence-corrected chi connectivity index (χ3v) is 3.22. The van der Waals surface area contributed by atoms with E-state index in [4.69, 9.17) is 0 Å². The zero-order chi connectivity index (χ0) is 14.7. The Hall–Kier alpha value is -2.37. The van der Waals surface area contributed by atoms with Crippen LogP contribution < -0.4 is 4.90 Å². The van der Waals surface area contributed by atoms with Crippen molar-refractivity contribution in [1.29, 1.82) is 0 Å². The van der Waals surface area contributed by atoms with Gasteiger partial charge in [0.15, 0.2) is 0 Å². The SMILES string of the molecule is C=CCN(c1cc(C(=O)OC)ccc1[N+](=O)[O-])C1CC1. The quantitative estimate of drug-likeness (QED) is 0.345. The fourth-order valence-electron chi connectivity index (χ4n) is 2.12. The summed E-state index contributed by atoms with van der Waals surface area (Å²) in [5, 5.41) is 11.2. The Morgan fingerprint density at radius 3 is 2.80 bits per heavy atom. The van der Waals surface area contributed by atoms with Crippen LogP contribution in [-0.2, 0) is 4.74 Å². The molecule has 6 nitrogen and oxygen atoms in total. The number of rotatable bonds is 6. The van der Waals surface area contributed by atoms with Gasteiger partial charge in [-0.05, 0) is 25.0 Å².